The van der Waals surface area contributed by atoms with Crippen molar-refractivity contribution in [1.29, 1.82) is 0 Å². The van der Waals surface area contributed by atoms with E-state index in [-0.39, 0.29) is 45.7 Å². The normalized spacial score (nSPS) is 29.7. The summed E-state index contributed by atoms with van der Waals surface area (Å²) in [6.07, 6.45) is -13.6. The van der Waals surface area contributed by atoms with Gasteiger partial charge in [0.2, 0.25) is 0 Å². The van der Waals surface area contributed by atoms with Crippen molar-refractivity contribution < 1.29 is 80.2 Å². The Balaban J connectivity index is 1.46. The van der Waals surface area contributed by atoms with Gasteiger partial charge in [-0.2, -0.15) is 0 Å². The number of aliphatic hydroxyl groups is 4. The van der Waals surface area contributed by atoms with E-state index in [1.165, 1.54) is 25.1 Å². The second kappa shape index (κ2) is 13.0. The van der Waals surface area contributed by atoms with Crippen molar-refractivity contribution in [2.75, 3.05) is 0 Å². The quantitative estimate of drug-likeness (QED) is 0.131. The standard InChI is InChI=1S/C36H36O16/c1-12-29(46)30(47)31(48)36(49-12)52-35-28(26-22(43)8-15(37)9-25(26)50-33(35)14-3-5-18(39)21(42)7-14)27-23(44)11-19(40)16-10-24(45)32(51-34(16)27)13-2-4-17(38)20(41)6-13/h2-9,11-12,24,28-33,35-48H,10H2,1H3. The average molecular weight is 725 g/mol. The predicted octanol–water partition coefficient (Wildman–Crippen LogP) is 1.85. The number of rotatable bonds is 5. The van der Waals surface area contributed by atoms with Gasteiger partial charge in [0, 0.05) is 41.3 Å². The van der Waals surface area contributed by atoms with Crippen LogP contribution in [0, 0.1) is 0 Å². The van der Waals surface area contributed by atoms with E-state index in [9.17, 15) is 61.3 Å². The van der Waals surface area contributed by atoms with Crippen LogP contribution in [0.15, 0.2) is 54.6 Å². The molecule has 0 aliphatic carbocycles. The highest BCUT2D eigenvalue weighted by Gasteiger charge is 2.51. The minimum atomic E-state index is -1.85. The number of aliphatic hydroxyl groups excluding tert-OH is 4. The fourth-order valence-electron chi connectivity index (χ4n) is 7.12. The van der Waals surface area contributed by atoms with E-state index in [4.69, 9.17) is 18.9 Å². The molecule has 10 atom stereocenters. The van der Waals surface area contributed by atoms with Crippen LogP contribution in [0.2, 0.25) is 0 Å². The van der Waals surface area contributed by atoms with Crippen molar-refractivity contribution in [3.63, 3.8) is 0 Å². The van der Waals surface area contributed by atoms with Crippen LogP contribution in [0.1, 0.15) is 52.9 Å². The first-order chi connectivity index (χ1) is 24.6. The number of phenols is 8. The molecular weight excluding hydrogens is 688 g/mol. The van der Waals surface area contributed by atoms with Gasteiger partial charge in [-0.25, -0.2) is 0 Å². The molecule has 0 bridgehead atoms. The number of fused-ring (bicyclic) bond motifs is 2. The summed E-state index contributed by atoms with van der Waals surface area (Å²) in [5.74, 6) is -5.86. The molecule has 1 fully saturated rings. The number of phenolic OH excluding ortho intramolecular Hbond substituents is 8. The third kappa shape index (κ3) is 5.84. The van der Waals surface area contributed by atoms with Gasteiger partial charge in [0.05, 0.1) is 18.1 Å². The summed E-state index contributed by atoms with van der Waals surface area (Å²) in [6.45, 7) is 1.42. The third-order valence-electron chi connectivity index (χ3n) is 9.75. The summed E-state index contributed by atoms with van der Waals surface area (Å²) in [5, 5.41) is 128. The van der Waals surface area contributed by atoms with Crippen molar-refractivity contribution in [1.82, 2.24) is 0 Å². The third-order valence-corrected chi connectivity index (χ3v) is 9.75. The van der Waals surface area contributed by atoms with E-state index in [2.05, 4.69) is 0 Å². The summed E-state index contributed by atoms with van der Waals surface area (Å²) in [5.41, 5.74) is 0.101. The second-order valence-corrected chi connectivity index (χ2v) is 13.1. The molecule has 12 N–H and O–H groups in total. The smallest absolute Gasteiger partial charge is 0.187 e. The monoisotopic (exact) mass is 724 g/mol. The lowest BCUT2D eigenvalue weighted by Gasteiger charge is -2.45. The molecule has 0 saturated carbocycles. The highest BCUT2D eigenvalue weighted by atomic mass is 16.7. The lowest BCUT2D eigenvalue weighted by molar-refractivity contribution is -0.312. The van der Waals surface area contributed by atoms with E-state index >= 15 is 0 Å². The lowest BCUT2D eigenvalue weighted by atomic mass is 9.77. The molecule has 0 spiro atoms. The van der Waals surface area contributed by atoms with Gasteiger partial charge < -0.3 is 80.2 Å². The average Bonchev–Trinajstić information content (AvgIpc) is 3.09. The first kappa shape index (κ1) is 35.1. The summed E-state index contributed by atoms with van der Waals surface area (Å²) in [7, 11) is 0. The molecule has 7 rings (SSSR count). The van der Waals surface area contributed by atoms with E-state index < -0.39 is 107 Å². The van der Waals surface area contributed by atoms with Gasteiger partial charge in [0.1, 0.15) is 65.0 Å². The molecule has 276 valence electrons. The Morgan fingerprint density at radius 3 is 1.85 bits per heavy atom. The van der Waals surface area contributed by atoms with E-state index in [1.54, 1.807) is 0 Å². The van der Waals surface area contributed by atoms with Crippen molar-refractivity contribution in [2.24, 2.45) is 0 Å². The zero-order chi connectivity index (χ0) is 37.3. The molecule has 1 saturated heterocycles. The number of ether oxygens (including phenoxy) is 4. The highest BCUT2D eigenvalue weighted by Crippen LogP contribution is 2.58. The molecule has 0 radical (unpaired) electrons. The fraction of sp³-hybridized carbons (Fsp3) is 0.333. The summed E-state index contributed by atoms with van der Waals surface area (Å²) in [4.78, 5) is 0. The van der Waals surface area contributed by atoms with Crippen LogP contribution in [0.4, 0.5) is 0 Å². The van der Waals surface area contributed by atoms with Crippen molar-refractivity contribution >= 4 is 0 Å². The van der Waals surface area contributed by atoms with Crippen LogP contribution in [-0.2, 0) is 15.9 Å². The minimum Gasteiger partial charge on any atom is -0.508 e. The van der Waals surface area contributed by atoms with Gasteiger partial charge in [-0.15, -0.1) is 0 Å². The Labute approximate surface area is 294 Å². The molecule has 0 aromatic heterocycles. The number of hydrogen-bond donors (Lipinski definition) is 12. The van der Waals surface area contributed by atoms with Crippen LogP contribution < -0.4 is 9.47 Å². The van der Waals surface area contributed by atoms with E-state index in [0.29, 0.717) is 0 Å². The first-order valence-corrected chi connectivity index (χ1v) is 16.2. The van der Waals surface area contributed by atoms with Gasteiger partial charge in [-0.3, -0.25) is 0 Å². The predicted molar refractivity (Wildman–Crippen MR) is 175 cm³/mol. The molecule has 3 heterocycles. The second-order valence-electron chi connectivity index (χ2n) is 13.1. The maximum absolute atomic E-state index is 11.7. The van der Waals surface area contributed by atoms with E-state index in [0.717, 1.165) is 36.4 Å². The number of aromatic hydroxyl groups is 8. The molecule has 16 nitrogen and oxygen atoms in total. The zero-order valence-corrected chi connectivity index (χ0v) is 27.2. The fourth-order valence-corrected chi connectivity index (χ4v) is 7.12. The van der Waals surface area contributed by atoms with Crippen LogP contribution in [-0.4, -0.2) is 104 Å². The van der Waals surface area contributed by atoms with E-state index in [1.807, 2.05) is 0 Å². The Bertz CT molecular complexity index is 2020. The molecule has 0 amide bonds. The Morgan fingerprint density at radius 1 is 0.596 bits per heavy atom. The van der Waals surface area contributed by atoms with Gasteiger partial charge in [0.15, 0.2) is 35.4 Å². The molecule has 4 aromatic carbocycles. The van der Waals surface area contributed by atoms with Gasteiger partial charge in [-0.1, -0.05) is 12.1 Å². The van der Waals surface area contributed by atoms with Crippen LogP contribution in [0.3, 0.4) is 0 Å². The van der Waals surface area contributed by atoms with Gasteiger partial charge >= 0.3 is 0 Å². The molecular formula is C36H36O16. The SMILES string of the molecule is CC1OC(OC2C(c3ccc(O)c(O)c3)Oc3cc(O)cc(O)c3C2c2c(O)cc(O)c3c2OC(c2ccc(O)c(O)c2)C(O)C3)C(O)C(O)C1O. The molecule has 3 aliphatic rings. The molecule has 16 heteroatoms. The Hall–Kier alpha value is -5.36. The summed E-state index contributed by atoms with van der Waals surface area (Å²) < 4.78 is 24.8. The van der Waals surface area contributed by atoms with Crippen molar-refractivity contribution in [3.05, 3.63) is 82.4 Å². The Kier molecular flexibility index (Phi) is 8.77. The zero-order valence-electron chi connectivity index (χ0n) is 27.2. The highest BCUT2D eigenvalue weighted by molar-refractivity contribution is 5.66. The van der Waals surface area contributed by atoms with Crippen LogP contribution >= 0.6 is 0 Å². The summed E-state index contributed by atoms with van der Waals surface area (Å²) in [6, 6.07) is 10.5. The molecule has 4 aromatic rings. The molecule has 3 aliphatic heterocycles. The van der Waals surface area contributed by atoms with Crippen molar-refractivity contribution in [2.45, 2.75) is 74.4 Å². The van der Waals surface area contributed by atoms with Crippen molar-refractivity contribution in [3.8, 4) is 57.5 Å². The maximum Gasteiger partial charge on any atom is 0.187 e. The largest absolute Gasteiger partial charge is 0.508 e. The lowest BCUT2D eigenvalue weighted by Crippen LogP contribution is -2.58. The Morgan fingerprint density at radius 2 is 1.21 bits per heavy atom. The van der Waals surface area contributed by atoms with Gasteiger partial charge in [-0.05, 0) is 42.3 Å². The molecule has 10 unspecified atom stereocenters. The summed E-state index contributed by atoms with van der Waals surface area (Å²) >= 11 is 0. The molecule has 52 heavy (non-hydrogen) atoms. The topological polar surface area (TPSA) is 280 Å². The number of hydrogen-bond acceptors (Lipinski definition) is 16. The maximum atomic E-state index is 11.7. The first-order valence-electron chi connectivity index (χ1n) is 16.2. The minimum absolute atomic E-state index is 0.0181. The van der Waals surface area contributed by atoms with Crippen LogP contribution in [0.25, 0.3) is 0 Å². The number of benzene rings is 4. The van der Waals surface area contributed by atoms with Crippen LogP contribution in [0.5, 0.6) is 57.5 Å². The van der Waals surface area contributed by atoms with Gasteiger partial charge in [0.25, 0.3) is 0 Å².